The van der Waals surface area contributed by atoms with Crippen molar-refractivity contribution in [2.75, 3.05) is 26.8 Å². The van der Waals surface area contributed by atoms with Crippen molar-refractivity contribution in [3.63, 3.8) is 0 Å². The first kappa shape index (κ1) is 17.8. The van der Waals surface area contributed by atoms with E-state index in [1.54, 1.807) is 7.11 Å². The molecule has 7 heteroatoms. The van der Waals surface area contributed by atoms with E-state index in [1.165, 1.54) is 0 Å². The number of ether oxygens (including phenoxy) is 2. The maximum atomic E-state index is 10.9. The second kappa shape index (κ2) is 7.86. The average molecular weight is 342 g/mol. The third kappa shape index (κ3) is 4.99. The first-order valence-corrected chi connectivity index (χ1v) is 8.02. The third-order valence-corrected chi connectivity index (χ3v) is 3.97. The molecule has 2 rings (SSSR count). The molecule has 6 nitrogen and oxygen atoms in total. The van der Waals surface area contributed by atoms with Crippen LogP contribution in [0, 0.1) is 0 Å². The fourth-order valence-electron chi connectivity index (χ4n) is 2.98. The molecule has 1 heterocycles. The summed E-state index contributed by atoms with van der Waals surface area (Å²) in [5.74, 6) is 0.291. The number of methoxy groups -OCH3 is 1. The van der Waals surface area contributed by atoms with E-state index in [1.807, 2.05) is 12.1 Å². The Hall–Kier alpha value is -1.50. The zero-order valence-corrected chi connectivity index (χ0v) is 14.5. The number of hydrogen-bond acceptors (Lipinski definition) is 5. The van der Waals surface area contributed by atoms with E-state index in [4.69, 9.17) is 26.8 Å². The maximum Gasteiger partial charge on any atom is 0.255 e. The van der Waals surface area contributed by atoms with Crippen molar-refractivity contribution >= 4 is 17.5 Å². The summed E-state index contributed by atoms with van der Waals surface area (Å²) in [7, 11) is 1.54. The van der Waals surface area contributed by atoms with Gasteiger partial charge < -0.3 is 20.5 Å². The summed E-state index contributed by atoms with van der Waals surface area (Å²) < 4.78 is 10.7. The van der Waals surface area contributed by atoms with Crippen molar-refractivity contribution in [3.8, 4) is 11.5 Å². The molecule has 2 unspecified atom stereocenters. The zero-order chi connectivity index (χ0) is 17.0. The van der Waals surface area contributed by atoms with Crippen molar-refractivity contribution in [1.82, 2.24) is 10.2 Å². The summed E-state index contributed by atoms with van der Waals surface area (Å²) in [5, 5.41) is 3.92. The highest BCUT2D eigenvalue weighted by atomic mass is 35.5. The molecule has 2 atom stereocenters. The van der Waals surface area contributed by atoms with E-state index < -0.39 is 5.91 Å². The molecule has 0 aliphatic carbocycles. The minimum Gasteiger partial charge on any atom is -0.493 e. The summed E-state index contributed by atoms with van der Waals surface area (Å²) in [5.41, 5.74) is 6.14. The molecule has 1 aliphatic heterocycles. The molecule has 23 heavy (non-hydrogen) atoms. The Balaban J connectivity index is 2.13. The SMILES string of the molecule is COc1cc(CN2CC(C)NC(C)C2)cc(Cl)c1OCC(N)=O. The van der Waals surface area contributed by atoms with Crippen LogP contribution >= 0.6 is 11.6 Å². The monoisotopic (exact) mass is 341 g/mol. The summed E-state index contributed by atoms with van der Waals surface area (Å²) in [6, 6.07) is 4.64. The van der Waals surface area contributed by atoms with Gasteiger partial charge in [0.1, 0.15) is 0 Å². The molecular weight excluding hydrogens is 318 g/mol. The topological polar surface area (TPSA) is 76.8 Å². The highest BCUT2D eigenvalue weighted by molar-refractivity contribution is 6.32. The molecular formula is C16H24ClN3O3. The number of rotatable bonds is 6. The highest BCUT2D eigenvalue weighted by Gasteiger charge is 2.22. The summed E-state index contributed by atoms with van der Waals surface area (Å²) in [6.45, 7) is 6.85. The number of carbonyl (C=O) groups excluding carboxylic acids is 1. The molecule has 0 aromatic heterocycles. The largest absolute Gasteiger partial charge is 0.493 e. The molecule has 3 N–H and O–H groups in total. The first-order chi connectivity index (χ1) is 10.9. The Bertz CT molecular complexity index is 558. The number of nitrogens with zero attached hydrogens (tertiary/aromatic N) is 1. The molecule has 1 aliphatic rings. The lowest BCUT2D eigenvalue weighted by Crippen LogP contribution is -2.53. The molecule has 0 bridgehead atoms. The lowest BCUT2D eigenvalue weighted by molar-refractivity contribution is -0.119. The molecule has 0 spiro atoms. The van der Waals surface area contributed by atoms with E-state index in [2.05, 4.69) is 24.1 Å². The number of amides is 1. The third-order valence-electron chi connectivity index (χ3n) is 3.69. The van der Waals surface area contributed by atoms with Crippen molar-refractivity contribution in [3.05, 3.63) is 22.7 Å². The molecule has 1 fully saturated rings. The first-order valence-electron chi connectivity index (χ1n) is 7.65. The summed E-state index contributed by atoms with van der Waals surface area (Å²) in [6.07, 6.45) is 0. The predicted octanol–water partition coefficient (Wildman–Crippen LogP) is 1.39. The second-order valence-electron chi connectivity index (χ2n) is 6.03. The maximum absolute atomic E-state index is 10.9. The van der Waals surface area contributed by atoms with Crippen LogP contribution in [-0.2, 0) is 11.3 Å². The quantitative estimate of drug-likeness (QED) is 0.817. The van der Waals surface area contributed by atoms with Gasteiger partial charge in [0.15, 0.2) is 18.1 Å². The van der Waals surface area contributed by atoms with Gasteiger partial charge in [0, 0.05) is 31.7 Å². The van der Waals surface area contributed by atoms with Gasteiger partial charge in [0.05, 0.1) is 12.1 Å². The van der Waals surface area contributed by atoms with E-state index >= 15 is 0 Å². The van der Waals surface area contributed by atoms with Gasteiger partial charge >= 0.3 is 0 Å². The lowest BCUT2D eigenvalue weighted by Gasteiger charge is -2.36. The number of primary amides is 1. The van der Waals surface area contributed by atoms with Gasteiger partial charge in [-0.25, -0.2) is 0 Å². The van der Waals surface area contributed by atoms with Crippen LogP contribution in [-0.4, -0.2) is 49.7 Å². The van der Waals surface area contributed by atoms with Crippen LogP contribution in [0.3, 0.4) is 0 Å². The van der Waals surface area contributed by atoms with Gasteiger partial charge in [0.2, 0.25) is 0 Å². The molecule has 1 aromatic carbocycles. The number of carbonyl (C=O) groups is 1. The highest BCUT2D eigenvalue weighted by Crippen LogP contribution is 2.36. The van der Waals surface area contributed by atoms with Crippen LogP contribution < -0.4 is 20.5 Å². The van der Waals surface area contributed by atoms with Crippen LogP contribution in [0.25, 0.3) is 0 Å². The number of nitrogens with one attached hydrogen (secondary N) is 1. The van der Waals surface area contributed by atoms with Crippen molar-refractivity contribution in [1.29, 1.82) is 0 Å². The van der Waals surface area contributed by atoms with E-state index in [0.717, 1.165) is 25.2 Å². The van der Waals surface area contributed by atoms with Crippen LogP contribution in [0.15, 0.2) is 12.1 Å². The Labute approximate surface area is 141 Å². The van der Waals surface area contributed by atoms with Crippen molar-refractivity contribution < 1.29 is 14.3 Å². The number of nitrogens with two attached hydrogens (primary N) is 1. The van der Waals surface area contributed by atoms with E-state index in [0.29, 0.717) is 28.6 Å². The average Bonchev–Trinajstić information content (AvgIpc) is 2.44. The summed E-state index contributed by atoms with van der Waals surface area (Å²) in [4.78, 5) is 13.3. The molecule has 0 radical (unpaired) electrons. The standard InChI is InChI=1S/C16H24ClN3O3/c1-10-6-20(7-11(2)19-10)8-12-4-13(17)16(14(5-12)22-3)23-9-15(18)21/h4-5,10-11,19H,6-9H2,1-3H3,(H2,18,21). The van der Waals surface area contributed by atoms with Gasteiger partial charge in [-0.05, 0) is 31.5 Å². The van der Waals surface area contributed by atoms with Gasteiger partial charge in [-0.1, -0.05) is 11.6 Å². The van der Waals surface area contributed by atoms with Gasteiger partial charge in [-0.15, -0.1) is 0 Å². The number of piperazine rings is 1. The van der Waals surface area contributed by atoms with E-state index in [9.17, 15) is 4.79 Å². The lowest BCUT2D eigenvalue weighted by atomic mass is 10.1. The predicted molar refractivity (Wildman–Crippen MR) is 90.0 cm³/mol. The van der Waals surface area contributed by atoms with Crippen LogP contribution in [0.1, 0.15) is 19.4 Å². The smallest absolute Gasteiger partial charge is 0.255 e. The van der Waals surface area contributed by atoms with Gasteiger partial charge in [0.25, 0.3) is 5.91 Å². The van der Waals surface area contributed by atoms with Crippen LogP contribution in [0.5, 0.6) is 11.5 Å². The second-order valence-corrected chi connectivity index (χ2v) is 6.43. The number of halogens is 1. The van der Waals surface area contributed by atoms with Gasteiger partial charge in [-0.3, -0.25) is 9.69 Å². The molecule has 128 valence electrons. The van der Waals surface area contributed by atoms with Crippen molar-refractivity contribution in [2.45, 2.75) is 32.5 Å². The van der Waals surface area contributed by atoms with Crippen LogP contribution in [0.4, 0.5) is 0 Å². The molecule has 1 saturated heterocycles. The molecule has 0 saturated carbocycles. The summed E-state index contributed by atoms with van der Waals surface area (Å²) >= 11 is 6.28. The zero-order valence-electron chi connectivity index (χ0n) is 13.8. The fourth-order valence-corrected chi connectivity index (χ4v) is 3.26. The number of benzene rings is 1. The fraction of sp³-hybridized carbons (Fsp3) is 0.562. The van der Waals surface area contributed by atoms with Crippen molar-refractivity contribution in [2.24, 2.45) is 5.73 Å². The van der Waals surface area contributed by atoms with Crippen LogP contribution in [0.2, 0.25) is 5.02 Å². The Kier molecular flexibility index (Phi) is 6.10. The minimum atomic E-state index is -0.559. The Morgan fingerprint density at radius 1 is 1.39 bits per heavy atom. The number of hydrogen-bond donors (Lipinski definition) is 2. The van der Waals surface area contributed by atoms with E-state index in [-0.39, 0.29) is 6.61 Å². The minimum absolute atomic E-state index is 0.234. The normalized spacial score (nSPS) is 21.9. The Morgan fingerprint density at radius 3 is 2.61 bits per heavy atom. The Morgan fingerprint density at radius 2 is 2.04 bits per heavy atom. The molecule has 1 amide bonds. The molecule has 1 aromatic rings. The van der Waals surface area contributed by atoms with Gasteiger partial charge in [-0.2, -0.15) is 0 Å².